The molecule has 1 N–H and O–H groups in total. The van der Waals surface area contributed by atoms with Gasteiger partial charge in [0.15, 0.2) is 0 Å². The Balaban J connectivity index is 1.91. The molecule has 0 aliphatic carbocycles. The molecule has 0 unspecified atom stereocenters. The van der Waals surface area contributed by atoms with E-state index in [1.165, 1.54) is 5.56 Å². The van der Waals surface area contributed by atoms with E-state index < -0.39 is 6.09 Å². The average molecular weight is 248 g/mol. The largest absolute Gasteiger partial charge is 0.450 e. The van der Waals surface area contributed by atoms with Gasteiger partial charge in [0.2, 0.25) is 5.91 Å². The normalized spacial score (nSPS) is 13.1. The summed E-state index contributed by atoms with van der Waals surface area (Å²) in [7, 11) is 0. The number of alkyl carbamates (subject to hydrolysis) is 1. The lowest BCUT2D eigenvalue weighted by atomic mass is 10.2. The Morgan fingerprint density at radius 1 is 1.39 bits per heavy atom. The Labute approximate surface area is 106 Å². The number of imide groups is 1. The first kappa shape index (κ1) is 12.4. The monoisotopic (exact) mass is 248 g/mol. The molecule has 0 radical (unpaired) electrons. The standard InChI is InChI=1S/C13H16N2O3/c1-2-18-13(17)14-12(16)9-15-8-7-10-5-3-4-6-11(10)15/h3-6H,2,7-9H2,1H3,(H,14,16,17). The molecule has 2 rings (SSSR count). The number of carbonyl (C=O) groups is 2. The van der Waals surface area contributed by atoms with Gasteiger partial charge in [0.25, 0.3) is 0 Å². The van der Waals surface area contributed by atoms with E-state index in [4.69, 9.17) is 0 Å². The van der Waals surface area contributed by atoms with Crippen molar-refractivity contribution in [2.45, 2.75) is 13.3 Å². The number of amides is 2. The van der Waals surface area contributed by atoms with Crippen molar-refractivity contribution in [2.24, 2.45) is 0 Å². The molecule has 1 aliphatic heterocycles. The molecular weight excluding hydrogens is 232 g/mol. The van der Waals surface area contributed by atoms with Crippen molar-refractivity contribution in [3.8, 4) is 0 Å². The molecule has 0 saturated carbocycles. The van der Waals surface area contributed by atoms with Gasteiger partial charge in [-0.1, -0.05) is 18.2 Å². The Bertz CT molecular complexity index is 459. The zero-order valence-corrected chi connectivity index (χ0v) is 10.3. The van der Waals surface area contributed by atoms with Crippen LogP contribution in [0.25, 0.3) is 0 Å². The van der Waals surface area contributed by atoms with Crippen molar-refractivity contribution >= 4 is 17.7 Å². The molecule has 18 heavy (non-hydrogen) atoms. The van der Waals surface area contributed by atoms with Crippen molar-refractivity contribution < 1.29 is 14.3 Å². The van der Waals surface area contributed by atoms with Crippen LogP contribution >= 0.6 is 0 Å². The van der Waals surface area contributed by atoms with Gasteiger partial charge in [0.1, 0.15) is 0 Å². The number of hydrogen-bond donors (Lipinski definition) is 1. The summed E-state index contributed by atoms with van der Waals surface area (Å²) in [6, 6.07) is 7.97. The van der Waals surface area contributed by atoms with Crippen LogP contribution in [0.5, 0.6) is 0 Å². The SMILES string of the molecule is CCOC(=O)NC(=O)CN1CCc2ccccc21. The molecule has 0 fully saturated rings. The van der Waals surface area contributed by atoms with Crippen molar-refractivity contribution in [3.05, 3.63) is 29.8 Å². The molecule has 5 heteroatoms. The summed E-state index contributed by atoms with van der Waals surface area (Å²) >= 11 is 0. The van der Waals surface area contributed by atoms with Crippen LogP contribution < -0.4 is 10.2 Å². The van der Waals surface area contributed by atoms with E-state index in [-0.39, 0.29) is 19.1 Å². The maximum Gasteiger partial charge on any atom is 0.413 e. The van der Waals surface area contributed by atoms with Crippen molar-refractivity contribution in [3.63, 3.8) is 0 Å². The second-order valence-electron chi connectivity index (χ2n) is 4.07. The summed E-state index contributed by atoms with van der Waals surface area (Å²) in [4.78, 5) is 24.7. The van der Waals surface area contributed by atoms with E-state index in [1.54, 1.807) is 6.92 Å². The first-order valence-electron chi connectivity index (χ1n) is 6.00. The molecule has 1 aliphatic rings. The number of nitrogens with one attached hydrogen (secondary N) is 1. The molecule has 1 aromatic rings. The summed E-state index contributed by atoms with van der Waals surface area (Å²) in [5.74, 6) is -0.342. The lowest BCUT2D eigenvalue weighted by Crippen LogP contribution is -2.39. The first-order valence-corrected chi connectivity index (χ1v) is 6.00. The number of hydrogen-bond acceptors (Lipinski definition) is 4. The van der Waals surface area contributed by atoms with Gasteiger partial charge in [0.05, 0.1) is 13.2 Å². The minimum atomic E-state index is -0.685. The van der Waals surface area contributed by atoms with Gasteiger partial charge in [-0.15, -0.1) is 0 Å². The molecule has 96 valence electrons. The van der Waals surface area contributed by atoms with E-state index in [2.05, 4.69) is 16.1 Å². The third-order valence-electron chi connectivity index (χ3n) is 2.83. The van der Waals surface area contributed by atoms with Gasteiger partial charge in [-0.05, 0) is 25.0 Å². The summed E-state index contributed by atoms with van der Waals surface area (Å²) in [5.41, 5.74) is 2.30. The zero-order chi connectivity index (χ0) is 13.0. The highest BCUT2D eigenvalue weighted by Gasteiger charge is 2.21. The molecular formula is C13H16N2O3. The Morgan fingerprint density at radius 2 is 2.17 bits per heavy atom. The molecule has 1 aromatic carbocycles. The number of para-hydroxylation sites is 1. The van der Waals surface area contributed by atoms with E-state index >= 15 is 0 Å². The molecule has 0 bridgehead atoms. The van der Waals surface area contributed by atoms with Crippen molar-refractivity contribution in [1.29, 1.82) is 0 Å². The minimum Gasteiger partial charge on any atom is -0.450 e. The lowest BCUT2D eigenvalue weighted by Gasteiger charge is -2.18. The van der Waals surface area contributed by atoms with Crippen molar-refractivity contribution in [1.82, 2.24) is 5.32 Å². The first-order chi connectivity index (χ1) is 8.70. The molecule has 0 aromatic heterocycles. The molecule has 0 spiro atoms. The highest BCUT2D eigenvalue weighted by molar-refractivity contribution is 5.94. The number of fused-ring (bicyclic) bond motifs is 1. The molecule has 1 heterocycles. The lowest BCUT2D eigenvalue weighted by molar-refractivity contribution is -0.119. The average Bonchev–Trinajstić information content (AvgIpc) is 2.73. The summed E-state index contributed by atoms with van der Waals surface area (Å²) in [5, 5.41) is 2.20. The summed E-state index contributed by atoms with van der Waals surface area (Å²) in [6.45, 7) is 2.93. The Kier molecular flexibility index (Phi) is 3.82. The quantitative estimate of drug-likeness (QED) is 0.876. The molecule has 0 saturated heterocycles. The predicted molar refractivity (Wildman–Crippen MR) is 67.5 cm³/mol. The molecule has 2 amide bonds. The predicted octanol–water partition coefficient (Wildman–Crippen LogP) is 1.32. The second kappa shape index (κ2) is 5.53. The van der Waals surface area contributed by atoms with Gasteiger partial charge >= 0.3 is 6.09 Å². The summed E-state index contributed by atoms with van der Waals surface area (Å²) in [6.07, 6.45) is 0.248. The number of ether oxygens (including phenoxy) is 1. The number of anilines is 1. The maximum atomic E-state index is 11.6. The van der Waals surface area contributed by atoms with Gasteiger partial charge in [-0.25, -0.2) is 4.79 Å². The third-order valence-corrected chi connectivity index (χ3v) is 2.83. The highest BCUT2D eigenvalue weighted by atomic mass is 16.5. The number of benzene rings is 1. The third kappa shape index (κ3) is 2.80. The van der Waals surface area contributed by atoms with Crippen LogP contribution in [-0.4, -0.2) is 31.7 Å². The van der Waals surface area contributed by atoms with Gasteiger partial charge < -0.3 is 9.64 Å². The molecule has 0 atom stereocenters. The van der Waals surface area contributed by atoms with Crippen LogP contribution in [0, 0.1) is 0 Å². The van der Waals surface area contributed by atoms with E-state index in [0.29, 0.717) is 0 Å². The zero-order valence-electron chi connectivity index (χ0n) is 10.3. The Morgan fingerprint density at radius 3 is 2.94 bits per heavy atom. The van der Waals surface area contributed by atoms with E-state index in [1.807, 2.05) is 23.1 Å². The van der Waals surface area contributed by atoms with E-state index in [9.17, 15) is 9.59 Å². The fraction of sp³-hybridized carbons (Fsp3) is 0.385. The van der Waals surface area contributed by atoms with Crippen LogP contribution in [0.3, 0.4) is 0 Å². The minimum absolute atomic E-state index is 0.176. The fourth-order valence-electron chi connectivity index (χ4n) is 2.06. The van der Waals surface area contributed by atoms with Crippen LogP contribution in [0.2, 0.25) is 0 Å². The van der Waals surface area contributed by atoms with Gasteiger partial charge in [-0.2, -0.15) is 0 Å². The van der Waals surface area contributed by atoms with Gasteiger partial charge in [-0.3, -0.25) is 10.1 Å². The number of rotatable bonds is 3. The van der Waals surface area contributed by atoms with Crippen LogP contribution in [0.4, 0.5) is 10.5 Å². The maximum absolute atomic E-state index is 11.6. The second-order valence-corrected chi connectivity index (χ2v) is 4.07. The smallest absolute Gasteiger partial charge is 0.413 e. The number of nitrogens with zero attached hydrogens (tertiary/aromatic N) is 1. The highest BCUT2D eigenvalue weighted by Crippen LogP contribution is 2.26. The fourth-order valence-corrected chi connectivity index (χ4v) is 2.06. The summed E-state index contributed by atoms with van der Waals surface area (Å²) < 4.78 is 4.66. The molecule has 5 nitrogen and oxygen atoms in total. The Hall–Kier alpha value is -2.04. The van der Waals surface area contributed by atoms with E-state index in [0.717, 1.165) is 18.7 Å². The number of carbonyl (C=O) groups excluding carboxylic acids is 2. The van der Waals surface area contributed by atoms with Crippen molar-refractivity contribution in [2.75, 3.05) is 24.6 Å². The van der Waals surface area contributed by atoms with Crippen LogP contribution in [-0.2, 0) is 16.0 Å². The van der Waals surface area contributed by atoms with Crippen LogP contribution in [0.1, 0.15) is 12.5 Å². The topological polar surface area (TPSA) is 58.6 Å². The van der Waals surface area contributed by atoms with Crippen LogP contribution in [0.15, 0.2) is 24.3 Å². The van der Waals surface area contributed by atoms with Gasteiger partial charge in [0, 0.05) is 12.2 Å².